The maximum atomic E-state index is 15.3. The quantitative estimate of drug-likeness (QED) is 0.157. The summed E-state index contributed by atoms with van der Waals surface area (Å²) in [7, 11) is -2.93. The van der Waals surface area contributed by atoms with Gasteiger partial charge in [0.25, 0.3) is 8.32 Å². The van der Waals surface area contributed by atoms with Crippen LogP contribution in [0.3, 0.4) is 0 Å². The lowest BCUT2D eigenvalue weighted by Gasteiger charge is -2.53. The summed E-state index contributed by atoms with van der Waals surface area (Å²) >= 11 is 13.0. The Kier molecular flexibility index (Phi) is 10.4. The molecule has 1 saturated carbocycles. The molecule has 2 unspecified atom stereocenters. The standard InChI is InChI=1S/C42H47Cl2NO4Si/c1-6-32(27-49-50(41(2,3)4,33-16-9-7-10-17-33)34-18-11-8-12-19-34)45-38(28-20-22-30(43)23-21-28)36(29-14-13-15-31(44)24-29)26-42(5,40(45)48)37-25-35(37)39(46)47/h7-24,32,35-38H,6,25-27H2,1-5H3,(H,46,47)/t32-,35?,36+,37?,38+,42-/m0/s1. The van der Waals surface area contributed by atoms with Crippen LogP contribution in [0.15, 0.2) is 109 Å². The minimum Gasteiger partial charge on any atom is -0.481 e. The highest BCUT2D eigenvalue weighted by atomic mass is 35.5. The average Bonchev–Trinajstić information content (AvgIpc) is 3.92. The van der Waals surface area contributed by atoms with Crippen molar-refractivity contribution in [2.24, 2.45) is 17.3 Å². The van der Waals surface area contributed by atoms with E-state index in [2.05, 4.69) is 87.2 Å². The molecule has 4 aromatic carbocycles. The molecule has 0 radical (unpaired) electrons. The number of hydrogen-bond acceptors (Lipinski definition) is 3. The van der Waals surface area contributed by atoms with Crippen molar-refractivity contribution in [1.82, 2.24) is 4.90 Å². The highest BCUT2D eigenvalue weighted by Crippen LogP contribution is 2.61. The van der Waals surface area contributed by atoms with Gasteiger partial charge in [-0.3, -0.25) is 9.59 Å². The summed E-state index contributed by atoms with van der Waals surface area (Å²) in [4.78, 5) is 29.6. The molecule has 0 bridgehead atoms. The number of hydrogen-bond donors (Lipinski definition) is 1. The Morgan fingerprint density at radius 3 is 2.00 bits per heavy atom. The van der Waals surface area contributed by atoms with Crippen LogP contribution in [0, 0.1) is 17.3 Å². The highest BCUT2D eigenvalue weighted by Gasteiger charge is 2.63. The number of piperidine rings is 1. The third-order valence-corrected chi connectivity index (χ3v) is 16.7. The van der Waals surface area contributed by atoms with Crippen LogP contribution in [0.25, 0.3) is 0 Å². The first-order valence-corrected chi connectivity index (χ1v) is 20.3. The zero-order valence-corrected chi connectivity index (χ0v) is 32.0. The van der Waals surface area contributed by atoms with Crippen LogP contribution in [0.4, 0.5) is 0 Å². The van der Waals surface area contributed by atoms with Gasteiger partial charge >= 0.3 is 5.97 Å². The SMILES string of the molecule is CC[C@@H](CO[Si](c1ccccc1)(c1ccccc1)C(C)(C)C)N1C(=O)[C@](C)(C2CC2C(=O)O)C[C@H](c2cccc(Cl)c2)[C@H]1c1ccc(Cl)cc1. The molecule has 50 heavy (non-hydrogen) atoms. The van der Waals surface area contributed by atoms with Gasteiger partial charge in [0.2, 0.25) is 5.91 Å². The summed E-state index contributed by atoms with van der Waals surface area (Å²) in [5, 5.41) is 13.4. The van der Waals surface area contributed by atoms with E-state index < -0.39 is 25.6 Å². The van der Waals surface area contributed by atoms with Crippen molar-refractivity contribution in [3.63, 3.8) is 0 Å². The van der Waals surface area contributed by atoms with E-state index in [-0.39, 0.29) is 34.9 Å². The van der Waals surface area contributed by atoms with Crippen molar-refractivity contribution in [2.75, 3.05) is 6.61 Å². The first-order chi connectivity index (χ1) is 23.8. The van der Waals surface area contributed by atoms with Crippen molar-refractivity contribution in [1.29, 1.82) is 0 Å². The molecule has 6 atom stereocenters. The molecule has 1 heterocycles. The summed E-state index contributed by atoms with van der Waals surface area (Å²) in [6.07, 6.45) is 1.66. The number of nitrogens with zero attached hydrogens (tertiary/aromatic N) is 1. The normalized spacial score (nSPS) is 24.5. The summed E-state index contributed by atoms with van der Waals surface area (Å²) < 4.78 is 7.50. The van der Waals surface area contributed by atoms with Crippen molar-refractivity contribution >= 4 is 53.8 Å². The van der Waals surface area contributed by atoms with E-state index in [0.29, 0.717) is 35.9 Å². The van der Waals surface area contributed by atoms with Crippen molar-refractivity contribution < 1.29 is 19.1 Å². The van der Waals surface area contributed by atoms with Gasteiger partial charge in [-0.05, 0) is 76.0 Å². The topological polar surface area (TPSA) is 66.8 Å². The molecule has 5 nitrogen and oxygen atoms in total. The maximum Gasteiger partial charge on any atom is 0.306 e. The molecule has 8 heteroatoms. The molecular formula is C42H47Cl2NO4Si. The lowest BCUT2D eigenvalue weighted by atomic mass is 9.65. The van der Waals surface area contributed by atoms with Crippen molar-refractivity contribution in [3.8, 4) is 0 Å². The molecule has 6 rings (SSSR count). The maximum absolute atomic E-state index is 15.3. The lowest BCUT2D eigenvalue weighted by Crippen LogP contribution is -2.68. The van der Waals surface area contributed by atoms with E-state index in [1.807, 2.05) is 61.5 Å². The number of rotatable bonds is 11. The van der Waals surface area contributed by atoms with E-state index >= 15 is 4.79 Å². The van der Waals surface area contributed by atoms with E-state index in [9.17, 15) is 9.90 Å². The zero-order chi connectivity index (χ0) is 35.8. The molecule has 0 aromatic heterocycles. The van der Waals surface area contributed by atoms with Gasteiger partial charge in [0.1, 0.15) is 0 Å². The van der Waals surface area contributed by atoms with Crippen LogP contribution in [-0.2, 0) is 14.0 Å². The Morgan fingerprint density at radius 1 is 0.900 bits per heavy atom. The van der Waals surface area contributed by atoms with Crippen LogP contribution in [0.1, 0.15) is 77.0 Å². The smallest absolute Gasteiger partial charge is 0.306 e. The van der Waals surface area contributed by atoms with Crippen LogP contribution >= 0.6 is 23.2 Å². The fourth-order valence-electron chi connectivity index (χ4n) is 8.61. The number of amides is 1. The van der Waals surface area contributed by atoms with Crippen LogP contribution < -0.4 is 10.4 Å². The number of halogens is 2. The summed E-state index contributed by atoms with van der Waals surface area (Å²) in [6.45, 7) is 11.2. The molecular weight excluding hydrogens is 681 g/mol. The van der Waals surface area contributed by atoms with E-state index in [0.717, 1.165) is 11.1 Å². The Morgan fingerprint density at radius 2 is 1.50 bits per heavy atom. The number of carboxylic acid groups (broad SMARTS) is 1. The lowest BCUT2D eigenvalue weighted by molar-refractivity contribution is -0.158. The summed E-state index contributed by atoms with van der Waals surface area (Å²) in [5.41, 5.74) is 1.12. The fourth-order valence-corrected chi connectivity index (χ4v) is 13.5. The van der Waals surface area contributed by atoms with Crippen LogP contribution in [0.5, 0.6) is 0 Å². The van der Waals surface area contributed by atoms with Gasteiger partial charge < -0.3 is 14.4 Å². The molecule has 2 fully saturated rings. The van der Waals surface area contributed by atoms with Gasteiger partial charge in [-0.1, -0.05) is 143 Å². The van der Waals surface area contributed by atoms with E-state index in [4.69, 9.17) is 27.6 Å². The van der Waals surface area contributed by atoms with Gasteiger partial charge in [0, 0.05) is 16.0 Å². The number of carboxylic acids is 1. The van der Waals surface area contributed by atoms with Gasteiger partial charge in [-0.25, -0.2) is 0 Å². The summed E-state index contributed by atoms with van der Waals surface area (Å²) in [5.74, 6) is -1.78. The van der Waals surface area contributed by atoms with Gasteiger partial charge in [0.15, 0.2) is 0 Å². The number of likely N-dealkylation sites (tertiary alicyclic amines) is 1. The second-order valence-corrected chi connectivity index (χ2v) is 20.5. The number of carbonyl (C=O) groups excluding carboxylic acids is 1. The van der Waals surface area contributed by atoms with Gasteiger partial charge in [-0.2, -0.15) is 0 Å². The minimum atomic E-state index is -2.93. The molecule has 262 valence electrons. The van der Waals surface area contributed by atoms with Crippen molar-refractivity contribution in [3.05, 3.63) is 130 Å². The highest BCUT2D eigenvalue weighted by molar-refractivity contribution is 6.99. The Labute approximate surface area is 307 Å². The first-order valence-electron chi connectivity index (χ1n) is 17.6. The molecule has 1 saturated heterocycles. The Balaban J connectivity index is 1.50. The largest absolute Gasteiger partial charge is 0.481 e. The van der Waals surface area contributed by atoms with Gasteiger partial charge in [-0.15, -0.1) is 0 Å². The molecule has 1 N–H and O–H groups in total. The molecule has 2 aliphatic rings. The van der Waals surface area contributed by atoms with Crippen LogP contribution in [0.2, 0.25) is 15.1 Å². The predicted molar refractivity (Wildman–Crippen MR) is 205 cm³/mol. The van der Waals surface area contributed by atoms with E-state index in [1.54, 1.807) is 0 Å². The third-order valence-electron chi connectivity index (χ3n) is 11.2. The molecule has 1 aliphatic carbocycles. The first kappa shape index (κ1) is 36.4. The fraction of sp³-hybridized carbons (Fsp3) is 0.381. The second kappa shape index (κ2) is 14.3. The van der Waals surface area contributed by atoms with E-state index in [1.165, 1.54) is 10.4 Å². The predicted octanol–water partition coefficient (Wildman–Crippen LogP) is 9.13. The molecule has 1 amide bonds. The third kappa shape index (κ3) is 6.68. The second-order valence-electron chi connectivity index (χ2n) is 15.3. The number of aliphatic carboxylic acids is 1. The Bertz CT molecular complexity index is 1770. The van der Waals surface area contributed by atoms with Crippen molar-refractivity contribution in [2.45, 2.75) is 76.9 Å². The monoisotopic (exact) mass is 727 g/mol. The summed E-state index contributed by atoms with van der Waals surface area (Å²) in [6, 6.07) is 36.1. The average molecular weight is 729 g/mol. The molecule has 1 aliphatic heterocycles. The number of carbonyl (C=O) groups is 2. The van der Waals surface area contributed by atoms with Gasteiger partial charge in [0.05, 0.1) is 30.0 Å². The van der Waals surface area contributed by atoms with Crippen LogP contribution in [-0.4, -0.2) is 42.8 Å². The minimum absolute atomic E-state index is 0.0117. The number of benzene rings is 4. The Hall–Kier alpha value is -3.42. The molecule has 4 aromatic rings. The molecule has 0 spiro atoms. The zero-order valence-electron chi connectivity index (χ0n) is 29.5.